The number of aromatic nitrogens is 2. The molecule has 14 heavy (non-hydrogen) atoms. The number of nitrogens with zero attached hydrogens (tertiary/aromatic N) is 2. The summed E-state index contributed by atoms with van der Waals surface area (Å²) < 4.78 is 3.85. The lowest BCUT2D eigenvalue weighted by Gasteiger charge is -2.00. The molecule has 1 rings (SSSR count). The average Bonchev–Trinajstić information content (AvgIpc) is 2.58. The van der Waals surface area contributed by atoms with Crippen molar-refractivity contribution in [3.8, 4) is 0 Å². The van der Waals surface area contributed by atoms with E-state index >= 15 is 0 Å². The minimum absolute atomic E-state index is 0.271. The first-order chi connectivity index (χ1) is 6.83. The second kappa shape index (κ2) is 6.86. The van der Waals surface area contributed by atoms with Crippen LogP contribution in [0.4, 0.5) is 11.1 Å². The lowest BCUT2D eigenvalue weighted by Crippen LogP contribution is -2.04. The van der Waals surface area contributed by atoms with Crippen molar-refractivity contribution in [2.75, 3.05) is 35.7 Å². The van der Waals surface area contributed by atoms with E-state index in [1.807, 2.05) is 0 Å². The van der Waals surface area contributed by atoms with Gasteiger partial charge in [-0.05, 0) is 12.2 Å². The Balaban J connectivity index is 1.99. The van der Waals surface area contributed by atoms with Crippen LogP contribution in [0.2, 0.25) is 0 Å². The molecule has 0 spiro atoms. The fourth-order valence-electron chi connectivity index (χ4n) is 0.805. The van der Waals surface area contributed by atoms with Gasteiger partial charge in [0.05, 0.1) is 0 Å². The summed E-state index contributed by atoms with van der Waals surface area (Å²) in [4.78, 5) is 3.97. The number of nitrogens with two attached hydrogens (primary N) is 1. The number of nitrogen functional groups attached to an aromatic ring is 1. The van der Waals surface area contributed by atoms with Crippen molar-refractivity contribution in [1.29, 1.82) is 0 Å². The largest absolute Gasteiger partial charge is 0.396 e. The molecule has 0 fully saturated rings. The summed E-state index contributed by atoms with van der Waals surface area (Å²) in [6, 6.07) is 0. The quantitative estimate of drug-likeness (QED) is 0.601. The number of aliphatic hydroxyl groups is 1. The number of hydrogen-bond donors (Lipinski definition) is 3. The molecule has 7 heteroatoms. The molecule has 4 N–H and O–H groups in total. The normalized spacial score (nSPS) is 10.4. The maximum absolute atomic E-state index is 8.54. The van der Waals surface area contributed by atoms with E-state index < -0.39 is 0 Å². The van der Waals surface area contributed by atoms with Crippen molar-refractivity contribution in [3.63, 3.8) is 0 Å². The summed E-state index contributed by atoms with van der Waals surface area (Å²) in [5, 5.41) is 12.4. The van der Waals surface area contributed by atoms with Crippen LogP contribution in [-0.4, -0.2) is 39.1 Å². The number of hydrogen-bond acceptors (Lipinski definition) is 7. The van der Waals surface area contributed by atoms with Crippen LogP contribution in [0.1, 0.15) is 6.42 Å². The summed E-state index contributed by atoms with van der Waals surface area (Å²) in [6.45, 7) is 1.12. The number of aliphatic hydroxyl groups excluding tert-OH is 1. The highest BCUT2D eigenvalue weighted by Crippen LogP contribution is 2.11. The van der Waals surface area contributed by atoms with Gasteiger partial charge in [0.25, 0.3) is 0 Å². The van der Waals surface area contributed by atoms with Gasteiger partial charge in [-0.15, -0.1) is 0 Å². The van der Waals surface area contributed by atoms with Crippen molar-refractivity contribution in [3.05, 3.63) is 0 Å². The van der Waals surface area contributed by atoms with E-state index in [1.54, 1.807) is 11.8 Å². The maximum atomic E-state index is 8.54. The molecular weight excluding hydrogens is 220 g/mol. The Kier molecular flexibility index (Phi) is 5.65. The lowest BCUT2D eigenvalue weighted by atomic mass is 10.5. The molecule has 0 bridgehead atoms. The second-order valence-electron chi connectivity index (χ2n) is 2.57. The molecule has 0 saturated carbocycles. The van der Waals surface area contributed by atoms with Crippen LogP contribution >= 0.6 is 23.3 Å². The molecule has 0 aliphatic carbocycles. The molecule has 0 unspecified atom stereocenters. The number of nitrogens with one attached hydrogen (secondary N) is 1. The molecule has 5 nitrogen and oxygen atoms in total. The molecule has 0 radical (unpaired) electrons. The van der Waals surface area contributed by atoms with Gasteiger partial charge in [0.1, 0.15) is 0 Å². The van der Waals surface area contributed by atoms with E-state index in [9.17, 15) is 0 Å². The Bertz CT molecular complexity index is 256. The van der Waals surface area contributed by atoms with Gasteiger partial charge in [-0.25, -0.2) is 0 Å². The third-order valence-electron chi connectivity index (χ3n) is 1.41. The number of thioether (sulfide) groups is 1. The highest BCUT2D eigenvalue weighted by atomic mass is 32.2. The first-order valence-electron chi connectivity index (χ1n) is 4.34. The molecule has 80 valence electrons. The monoisotopic (exact) mass is 234 g/mol. The molecule has 0 aromatic carbocycles. The molecule has 1 aromatic rings. The molecule has 0 amide bonds. The molecule has 1 heterocycles. The van der Waals surface area contributed by atoms with Crippen LogP contribution in [0.25, 0.3) is 0 Å². The molecule has 1 aromatic heterocycles. The van der Waals surface area contributed by atoms with E-state index in [0.717, 1.165) is 29.6 Å². The van der Waals surface area contributed by atoms with Crippen molar-refractivity contribution >= 4 is 34.4 Å². The summed E-state index contributed by atoms with van der Waals surface area (Å²) in [7, 11) is 0. The fourth-order valence-corrected chi connectivity index (χ4v) is 2.11. The highest BCUT2D eigenvalue weighted by molar-refractivity contribution is 7.99. The van der Waals surface area contributed by atoms with Gasteiger partial charge in [-0.1, -0.05) is 0 Å². The van der Waals surface area contributed by atoms with E-state index in [0.29, 0.717) is 5.95 Å². The summed E-state index contributed by atoms with van der Waals surface area (Å²) in [5.74, 6) is 2.32. The standard InChI is InChI=1S/C7H14N4OS2/c8-6-10-7(14-11-6)9-2-5-13-4-1-3-12/h12H,1-5H2,(H3,8,9,10,11). The van der Waals surface area contributed by atoms with E-state index in [1.165, 1.54) is 11.5 Å². The highest BCUT2D eigenvalue weighted by Gasteiger charge is 1.98. The molecule has 0 saturated heterocycles. The van der Waals surface area contributed by atoms with Crippen LogP contribution in [-0.2, 0) is 0 Å². The predicted molar refractivity (Wildman–Crippen MR) is 61.8 cm³/mol. The zero-order chi connectivity index (χ0) is 10.2. The lowest BCUT2D eigenvalue weighted by molar-refractivity contribution is 0.296. The van der Waals surface area contributed by atoms with Crippen LogP contribution < -0.4 is 11.1 Å². The van der Waals surface area contributed by atoms with Crippen molar-refractivity contribution in [2.45, 2.75) is 6.42 Å². The van der Waals surface area contributed by atoms with Gasteiger partial charge in [0, 0.05) is 30.4 Å². The summed E-state index contributed by atoms with van der Waals surface area (Å²) in [6.07, 6.45) is 0.858. The first kappa shape index (κ1) is 11.5. The zero-order valence-electron chi connectivity index (χ0n) is 7.77. The molecule has 0 aliphatic rings. The average molecular weight is 234 g/mol. The minimum Gasteiger partial charge on any atom is -0.396 e. The van der Waals surface area contributed by atoms with E-state index in [-0.39, 0.29) is 6.61 Å². The van der Waals surface area contributed by atoms with Crippen molar-refractivity contribution < 1.29 is 5.11 Å². The van der Waals surface area contributed by atoms with Crippen LogP contribution in [0, 0.1) is 0 Å². The van der Waals surface area contributed by atoms with Crippen molar-refractivity contribution in [1.82, 2.24) is 9.36 Å². The Morgan fingerprint density at radius 2 is 2.36 bits per heavy atom. The third kappa shape index (κ3) is 4.64. The van der Waals surface area contributed by atoms with Gasteiger partial charge >= 0.3 is 0 Å². The minimum atomic E-state index is 0.271. The maximum Gasteiger partial charge on any atom is 0.233 e. The molecule has 0 aliphatic heterocycles. The second-order valence-corrected chi connectivity index (χ2v) is 4.55. The van der Waals surface area contributed by atoms with Crippen LogP contribution in [0.15, 0.2) is 0 Å². The zero-order valence-corrected chi connectivity index (χ0v) is 9.40. The third-order valence-corrected chi connectivity index (χ3v) is 3.17. The Hall–Kier alpha value is -0.530. The molecule has 0 atom stereocenters. The van der Waals surface area contributed by atoms with Gasteiger partial charge in [-0.3, -0.25) is 0 Å². The number of anilines is 2. The van der Waals surface area contributed by atoms with Gasteiger partial charge in [0.2, 0.25) is 11.1 Å². The summed E-state index contributed by atoms with van der Waals surface area (Å²) in [5.41, 5.74) is 5.36. The fraction of sp³-hybridized carbons (Fsp3) is 0.714. The van der Waals surface area contributed by atoms with Gasteiger partial charge < -0.3 is 16.2 Å². The number of rotatable bonds is 7. The first-order valence-corrected chi connectivity index (χ1v) is 6.27. The molecular formula is C7H14N4OS2. The van der Waals surface area contributed by atoms with Crippen LogP contribution in [0.3, 0.4) is 0 Å². The van der Waals surface area contributed by atoms with Crippen molar-refractivity contribution in [2.24, 2.45) is 0 Å². The predicted octanol–water partition coefficient (Wildman–Crippen LogP) is 0.648. The summed E-state index contributed by atoms with van der Waals surface area (Å²) >= 11 is 3.08. The Labute approximate surface area is 91.3 Å². The topological polar surface area (TPSA) is 84.1 Å². The smallest absolute Gasteiger partial charge is 0.233 e. The van der Waals surface area contributed by atoms with Gasteiger partial charge in [0.15, 0.2) is 0 Å². The SMILES string of the molecule is Nc1nsc(NCCSCCCO)n1. The Morgan fingerprint density at radius 1 is 1.50 bits per heavy atom. The van der Waals surface area contributed by atoms with Crippen LogP contribution in [0.5, 0.6) is 0 Å². The Morgan fingerprint density at radius 3 is 3.00 bits per heavy atom. The van der Waals surface area contributed by atoms with E-state index in [2.05, 4.69) is 14.7 Å². The van der Waals surface area contributed by atoms with Gasteiger partial charge in [-0.2, -0.15) is 21.1 Å². The van der Waals surface area contributed by atoms with E-state index in [4.69, 9.17) is 10.8 Å².